The molecule has 10 nitrogen and oxygen atoms in total. The number of halogens is 1. The molecular weight excluding hydrogens is 608 g/mol. The Morgan fingerprint density at radius 3 is 2.40 bits per heavy atom. The molecular formula is C32H43BrN8O2. The second kappa shape index (κ2) is 12.5. The molecule has 43 heavy (non-hydrogen) atoms. The summed E-state index contributed by atoms with van der Waals surface area (Å²) in [6, 6.07) is 13.0. The fourth-order valence-electron chi connectivity index (χ4n) is 6.37. The molecule has 1 aromatic heterocycles. The number of hydrogen-bond donors (Lipinski definition) is 2. The van der Waals surface area contributed by atoms with Gasteiger partial charge in [-0.1, -0.05) is 12.1 Å². The van der Waals surface area contributed by atoms with E-state index >= 15 is 0 Å². The number of nitrogen functional groups attached to an aromatic ring is 1. The minimum absolute atomic E-state index is 0.290. The number of para-hydroxylation sites is 2. The number of rotatable bonds is 8. The third-order valence-electron chi connectivity index (χ3n) is 9.02. The van der Waals surface area contributed by atoms with Gasteiger partial charge in [0.2, 0.25) is 5.95 Å². The highest BCUT2D eigenvalue weighted by Crippen LogP contribution is 2.46. The van der Waals surface area contributed by atoms with Crippen LogP contribution in [0.2, 0.25) is 0 Å². The van der Waals surface area contributed by atoms with E-state index in [2.05, 4.69) is 78.9 Å². The van der Waals surface area contributed by atoms with E-state index in [1.807, 2.05) is 29.2 Å². The van der Waals surface area contributed by atoms with E-state index in [9.17, 15) is 0 Å². The molecule has 0 atom stereocenters. The predicted molar refractivity (Wildman–Crippen MR) is 176 cm³/mol. The molecule has 3 aliphatic heterocycles. The first-order chi connectivity index (χ1) is 20.7. The molecule has 3 fully saturated rings. The average Bonchev–Trinajstić information content (AvgIpc) is 3.00. The lowest BCUT2D eigenvalue weighted by Gasteiger charge is -2.43. The molecule has 3 aromatic rings. The Hall–Kier alpha value is -3.12. The van der Waals surface area contributed by atoms with Crippen LogP contribution < -0.4 is 30.3 Å². The number of nitrogens with zero attached hydrogens (tertiary/aromatic N) is 6. The standard InChI is InChI=1S/C32H43BrN8O2/c1-22-17-27(29(42-4)18-26(22)40-11-9-23(10-12-40)39-15-13-38(3)14-16-39)41(31-36-19-24(33)30(34)37-31)25-7-5-6-8-28(25)43-32(2)20-35-21-32/h5-8,17-19,23,35H,9-16,20-21H2,1-4H3,(H2,34,36,37). The van der Waals surface area contributed by atoms with E-state index in [0.29, 0.717) is 22.3 Å². The number of piperidine rings is 1. The molecule has 0 bridgehead atoms. The van der Waals surface area contributed by atoms with Crippen LogP contribution in [0.5, 0.6) is 11.5 Å². The van der Waals surface area contributed by atoms with Crippen molar-refractivity contribution < 1.29 is 9.47 Å². The van der Waals surface area contributed by atoms with Crippen molar-refractivity contribution in [1.29, 1.82) is 0 Å². The zero-order valence-corrected chi connectivity index (χ0v) is 27.2. The predicted octanol–water partition coefficient (Wildman–Crippen LogP) is 4.57. The Bertz CT molecular complexity index is 1430. The van der Waals surface area contributed by atoms with Gasteiger partial charge < -0.3 is 30.3 Å². The number of methoxy groups -OCH3 is 1. The van der Waals surface area contributed by atoms with E-state index in [-0.39, 0.29) is 5.60 Å². The van der Waals surface area contributed by atoms with Crippen molar-refractivity contribution in [2.75, 3.05) is 82.0 Å². The summed E-state index contributed by atoms with van der Waals surface area (Å²) in [4.78, 5) is 19.0. The number of anilines is 5. The van der Waals surface area contributed by atoms with Crippen molar-refractivity contribution in [2.45, 2.75) is 38.3 Å². The van der Waals surface area contributed by atoms with Gasteiger partial charge in [-0.15, -0.1) is 0 Å². The molecule has 0 amide bonds. The number of nitrogens with two attached hydrogens (primary N) is 1. The molecule has 4 heterocycles. The molecule has 3 N–H and O–H groups in total. The molecule has 0 radical (unpaired) electrons. The lowest BCUT2D eigenvalue weighted by atomic mass is 9.99. The van der Waals surface area contributed by atoms with Crippen LogP contribution in [-0.2, 0) is 0 Å². The molecule has 2 aromatic carbocycles. The quantitative estimate of drug-likeness (QED) is 0.361. The third kappa shape index (κ3) is 6.26. The van der Waals surface area contributed by atoms with Gasteiger partial charge >= 0.3 is 0 Å². The monoisotopic (exact) mass is 650 g/mol. The zero-order chi connectivity index (χ0) is 30.1. The molecule has 0 saturated carbocycles. The van der Waals surface area contributed by atoms with Crippen molar-refractivity contribution in [3.8, 4) is 11.5 Å². The largest absolute Gasteiger partial charge is 0.494 e. The Kier molecular flexibility index (Phi) is 8.68. The van der Waals surface area contributed by atoms with Crippen LogP contribution in [0.1, 0.15) is 25.3 Å². The number of aromatic nitrogens is 2. The highest BCUT2D eigenvalue weighted by atomic mass is 79.9. The maximum absolute atomic E-state index is 6.58. The van der Waals surface area contributed by atoms with Crippen molar-refractivity contribution >= 4 is 44.8 Å². The van der Waals surface area contributed by atoms with E-state index < -0.39 is 0 Å². The summed E-state index contributed by atoms with van der Waals surface area (Å²) in [5.41, 5.74) is 9.99. The summed E-state index contributed by atoms with van der Waals surface area (Å²) in [6.07, 6.45) is 4.02. The van der Waals surface area contributed by atoms with Gasteiger partial charge in [-0.25, -0.2) is 4.98 Å². The van der Waals surface area contributed by atoms with Crippen LogP contribution in [0.15, 0.2) is 47.1 Å². The van der Waals surface area contributed by atoms with Crippen LogP contribution >= 0.6 is 15.9 Å². The third-order valence-corrected chi connectivity index (χ3v) is 9.63. The van der Waals surface area contributed by atoms with Crippen LogP contribution in [0.3, 0.4) is 0 Å². The minimum atomic E-state index is -0.290. The second-order valence-corrected chi connectivity index (χ2v) is 13.1. The lowest BCUT2D eigenvalue weighted by Crippen LogP contribution is -2.61. The Labute approximate surface area is 263 Å². The summed E-state index contributed by atoms with van der Waals surface area (Å²) in [5.74, 6) is 2.27. The van der Waals surface area contributed by atoms with Gasteiger partial charge in [-0.3, -0.25) is 9.80 Å². The molecule has 0 spiro atoms. The van der Waals surface area contributed by atoms with Crippen LogP contribution in [0.4, 0.5) is 28.8 Å². The zero-order valence-electron chi connectivity index (χ0n) is 25.6. The number of ether oxygens (including phenoxy) is 2. The Morgan fingerprint density at radius 1 is 1.02 bits per heavy atom. The van der Waals surface area contributed by atoms with Crippen molar-refractivity contribution in [3.63, 3.8) is 0 Å². The highest BCUT2D eigenvalue weighted by molar-refractivity contribution is 9.10. The van der Waals surface area contributed by atoms with Gasteiger partial charge in [0, 0.05) is 76.4 Å². The number of benzene rings is 2. The van der Waals surface area contributed by atoms with E-state index in [0.717, 1.165) is 67.7 Å². The number of piperazine rings is 1. The van der Waals surface area contributed by atoms with Gasteiger partial charge in [0.15, 0.2) is 0 Å². The first-order valence-corrected chi connectivity index (χ1v) is 16.0. The number of hydrogen-bond acceptors (Lipinski definition) is 10. The van der Waals surface area contributed by atoms with E-state index in [1.54, 1.807) is 13.3 Å². The lowest BCUT2D eigenvalue weighted by molar-refractivity contribution is 0.0354. The van der Waals surface area contributed by atoms with Crippen LogP contribution in [0, 0.1) is 6.92 Å². The second-order valence-electron chi connectivity index (χ2n) is 12.2. The Balaban J connectivity index is 1.34. The topological polar surface area (TPSA) is 95.3 Å². The summed E-state index contributed by atoms with van der Waals surface area (Å²) in [7, 11) is 3.94. The smallest absolute Gasteiger partial charge is 0.236 e. The molecule has 11 heteroatoms. The molecule has 3 saturated heterocycles. The fraction of sp³-hybridized carbons (Fsp3) is 0.500. The van der Waals surface area contributed by atoms with E-state index in [4.69, 9.17) is 15.2 Å². The molecule has 0 unspecified atom stereocenters. The summed E-state index contributed by atoms with van der Waals surface area (Å²) in [6.45, 7) is 12.6. The van der Waals surface area contributed by atoms with E-state index in [1.165, 1.54) is 31.6 Å². The summed E-state index contributed by atoms with van der Waals surface area (Å²) in [5, 5.41) is 3.32. The SMILES string of the molecule is COc1cc(N2CCC(N3CCN(C)CC3)CC2)c(C)cc1N(c1ncc(Br)c(N)n1)c1ccccc1OC1(C)CNC1. The van der Waals surface area contributed by atoms with Crippen molar-refractivity contribution in [2.24, 2.45) is 0 Å². The molecule has 6 rings (SSSR count). The Morgan fingerprint density at radius 2 is 1.74 bits per heavy atom. The summed E-state index contributed by atoms with van der Waals surface area (Å²) < 4.78 is 13.3. The number of aryl methyl sites for hydroxylation is 1. The van der Waals surface area contributed by atoms with Gasteiger partial charge in [0.05, 0.1) is 23.0 Å². The van der Waals surface area contributed by atoms with Crippen molar-refractivity contribution in [3.05, 3.63) is 52.6 Å². The maximum Gasteiger partial charge on any atom is 0.236 e. The fourth-order valence-corrected chi connectivity index (χ4v) is 6.56. The molecule has 3 aliphatic rings. The average molecular weight is 652 g/mol. The molecule has 230 valence electrons. The van der Waals surface area contributed by atoms with Crippen LogP contribution in [0.25, 0.3) is 0 Å². The number of likely N-dealkylation sites (N-methyl/N-ethyl adjacent to an activating group) is 1. The van der Waals surface area contributed by atoms with Gasteiger partial charge in [0.25, 0.3) is 0 Å². The maximum atomic E-state index is 6.58. The van der Waals surface area contributed by atoms with Gasteiger partial charge in [0.1, 0.15) is 22.9 Å². The molecule has 0 aliphatic carbocycles. The minimum Gasteiger partial charge on any atom is -0.494 e. The first kappa shape index (κ1) is 29.9. The van der Waals surface area contributed by atoms with Gasteiger partial charge in [-0.2, -0.15) is 4.98 Å². The van der Waals surface area contributed by atoms with Crippen molar-refractivity contribution in [1.82, 2.24) is 25.1 Å². The normalized spacial score (nSPS) is 19.6. The van der Waals surface area contributed by atoms with Crippen LogP contribution in [-0.4, -0.2) is 97.9 Å². The van der Waals surface area contributed by atoms with Gasteiger partial charge in [-0.05, 0) is 73.4 Å². The summed E-state index contributed by atoms with van der Waals surface area (Å²) >= 11 is 3.45. The number of nitrogens with one attached hydrogen (secondary N) is 1. The first-order valence-electron chi connectivity index (χ1n) is 15.2. The highest BCUT2D eigenvalue weighted by Gasteiger charge is 2.36.